The lowest BCUT2D eigenvalue weighted by Crippen LogP contribution is -2.43. The van der Waals surface area contributed by atoms with Gasteiger partial charge in [-0.25, -0.2) is 0 Å². The first-order valence-corrected chi connectivity index (χ1v) is 8.73. The van der Waals surface area contributed by atoms with E-state index in [4.69, 9.17) is 0 Å². The molecule has 0 aromatic rings. The third-order valence-corrected chi connectivity index (χ3v) is 4.88. The van der Waals surface area contributed by atoms with Gasteiger partial charge in [-0.1, -0.05) is 46.0 Å². The van der Waals surface area contributed by atoms with E-state index in [-0.39, 0.29) is 0 Å². The van der Waals surface area contributed by atoms with Crippen molar-refractivity contribution in [3.8, 4) is 0 Å². The molecular weight excluding hydrogens is 232 g/mol. The fourth-order valence-electron chi connectivity index (χ4n) is 3.88. The van der Waals surface area contributed by atoms with Crippen LogP contribution in [0.4, 0.5) is 0 Å². The van der Waals surface area contributed by atoms with Crippen molar-refractivity contribution in [1.82, 2.24) is 10.2 Å². The van der Waals surface area contributed by atoms with E-state index in [1.54, 1.807) is 0 Å². The maximum atomic E-state index is 3.81. The van der Waals surface area contributed by atoms with Crippen molar-refractivity contribution in [3.63, 3.8) is 0 Å². The fourth-order valence-corrected chi connectivity index (χ4v) is 3.88. The van der Waals surface area contributed by atoms with Crippen LogP contribution in [0.25, 0.3) is 0 Å². The summed E-state index contributed by atoms with van der Waals surface area (Å²) in [5, 5.41) is 3.81. The SMILES string of the molecule is CC(C)CN(CCNC1CCCCC1)C1CCCC1. The van der Waals surface area contributed by atoms with Crippen LogP contribution in [0.5, 0.6) is 0 Å². The molecule has 0 radical (unpaired) electrons. The molecule has 0 aromatic carbocycles. The maximum Gasteiger partial charge on any atom is 0.0110 e. The van der Waals surface area contributed by atoms with E-state index in [9.17, 15) is 0 Å². The number of rotatable bonds is 7. The largest absolute Gasteiger partial charge is 0.313 e. The van der Waals surface area contributed by atoms with E-state index < -0.39 is 0 Å². The Balaban J connectivity index is 1.69. The number of hydrogen-bond acceptors (Lipinski definition) is 2. The molecule has 2 nitrogen and oxygen atoms in total. The Bertz CT molecular complexity index is 227. The molecule has 0 heterocycles. The average Bonchev–Trinajstić information content (AvgIpc) is 2.92. The zero-order chi connectivity index (χ0) is 13.5. The molecule has 0 saturated heterocycles. The molecular formula is C17H34N2. The summed E-state index contributed by atoms with van der Waals surface area (Å²) in [5.41, 5.74) is 0. The van der Waals surface area contributed by atoms with E-state index in [2.05, 4.69) is 24.1 Å². The van der Waals surface area contributed by atoms with Crippen LogP contribution >= 0.6 is 0 Å². The maximum absolute atomic E-state index is 3.81. The molecule has 2 saturated carbocycles. The Kier molecular flexibility index (Phi) is 6.66. The quantitative estimate of drug-likeness (QED) is 0.754. The highest BCUT2D eigenvalue weighted by molar-refractivity contribution is 4.79. The van der Waals surface area contributed by atoms with Gasteiger partial charge < -0.3 is 5.32 Å². The molecule has 2 aliphatic rings. The van der Waals surface area contributed by atoms with Gasteiger partial charge in [0, 0.05) is 31.7 Å². The Hall–Kier alpha value is -0.0800. The lowest BCUT2D eigenvalue weighted by Gasteiger charge is -2.31. The van der Waals surface area contributed by atoms with Crippen LogP contribution in [-0.4, -0.2) is 36.6 Å². The molecule has 1 N–H and O–H groups in total. The van der Waals surface area contributed by atoms with Crippen molar-refractivity contribution < 1.29 is 0 Å². The first-order valence-electron chi connectivity index (χ1n) is 8.73. The zero-order valence-corrected chi connectivity index (χ0v) is 13.2. The Morgan fingerprint density at radius 2 is 1.58 bits per heavy atom. The van der Waals surface area contributed by atoms with Crippen LogP contribution in [0, 0.1) is 5.92 Å². The van der Waals surface area contributed by atoms with Crippen LogP contribution in [-0.2, 0) is 0 Å². The third kappa shape index (κ3) is 5.43. The summed E-state index contributed by atoms with van der Waals surface area (Å²) in [7, 11) is 0. The van der Waals surface area contributed by atoms with Gasteiger partial charge in [0.1, 0.15) is 0 Å². The summed E-state index contributed by atoms with van der Waals surface area (Å²) in [5.74, 6) is 0.801. The molecule has 2 rings (SSSR count). The molecule has 0 unspecified atom stereocenters. The summed E-state index contributed by atoms with van der Waals surface area (Å²) in [6.07, 6.45) is 12.9. The van der Waals surface area contributed by atoms with Crippen LogP contribution < -0.4 is 5.32 Å². The van der Waals surface area contributed by atoms with Gasteiger partial charge >= 0.3 is 0 Å². The minimum absolute atomic E-state index is 0.801. The number of hydrogen-bond donors (Lipinski definition) is 1. The second kappa shape index (κ2) is 8.26. The van der Waals surface area contributed by atoms with Crippen molar-refractivity contribution in [2.24, 2.45) is 5.92 Å². The number of nitrogens with zero attached hydrogens (tertiary/aromatic N) is 1. The predicted octanol–water partition coefficient (Wildman–Crippen LogP) is 3.81. The second-order valence-corrected chi connectivity index (χ2v) is 7.12. The van der Waals surface area contributed by atoms with Gasteiger partial charge in [-0.15, -0.1) is 0 Å². The van der Waals surface area contributed by atoms with E-state index in [1.807, 2.05) is 0 Å². The van der Waals surface area contributed by atoms with Crippen molar-refractivity contribution in [1.29, 1.82) is 0 Å². The standard InChI is InChI=1S/C17H34N2/c1-15(2)14-19(17-10-6-7-11-17)13-12-18-16-8-4-3-5-9-16/h15-18H,3-14H2,1-2H3. The van der Waals surface area contributed by atoms with Gasteiger partial charge in [0.05, 0.1) is 0 Å². The number of nitrogens with one attached hydrogen (secondary N) is 1. The van der Waals surface area contributed by atoms with Crippen molar-refractivity contribution >= 4 is 0 Å². The molecule has 19 heavy (non-hydrogen) atoms. The summed E-state index contributed by atoms with van der Waals surface area (Å²) >= 11 is 0. The first kappa shape index (κ1) is 15.3. The van der Waals surface area contributed by atoms with E-state index in [0.29, 0.717) is 0 Å². The Morgan fingerprint density at radius 1 is 0.947 bits per heavy atom. The molecule has 2 fully saturated rings. The smallest absolute Gasteiger partial charge is 0.0110 e. The normalized spacial score (nSPS) is 22.7. The average molecular weight is 266 g/mol. The van der Waals surface area contributed by atoms with Gasteiger partial charge in [0.2, 0.25) is 0 Å². The van der Waals surface area contributed by atoms with Crippen LogP contribution in [0.15, 0.2) is 0 Å². The van der Waals surface area contributed by atoms with E-state index >= 15 is 0 Å². The van der Waals surface area contributed by atoms with Gasteiger partial charge in [0.25, 0.3) is 0 Å². The Morgan fingerprint density at radius 3 is 2.21 bits per heavy atom. The summed E-state index contributed by atoms with van der Waals surface area (Å²) in [4.78, 5) is 2.77. The Labute approximate surface area is 120 Å². The predicted molar refractivity (Wildman–Crippen MR) is 83.5 cm³/mol. The highest BCUT2D eigenvalue weighted by Crippen LogP contribution is 2.24. The van der Waals surface area contributed by atoms with Crippen LogP contribution in [0.2, 0.25) is 0 Å². The summed E-state index contributed by atoms with van der Waals surface area (Å²) in [6, 6.07) is 1.70. The molecule has 2 aliphatic carbocycles. The first-order chi connectivity index (χ1) is 9.25. The highest BCUT2D eigenvalue weighted by Gasteiger charge is 2.23. The van der Waals surface area contributed by atoms with Crippen LogP contribution in [0.1, 0.15) is 71.6 Å². The molecule has 0 aromatic heterocycles. The fraction of sp³-hybridized carbons (Fsp3) is 1.00. The topological polar surface area (TPSA) is 15.3 Å². The molecule has 0 aliphatic heterocycles. The van der Waals surface area contributed by atoms with Crippen molar-refractivity contribution in [3.05, 3.63) is 0 Å². The minimum atomic E-state index is 0.801. The monoisotopic (exact) mass is 266 g/mol. The summed E-state index contributed by atoms with van der Waals surface area (Å²) in [6.45, 7) is 8.47. The van der Waals surface area contributed by atoms with E-state index in [1.165, 1.54) is 77.4 Å². The molecule has 0 amide bonds. The molecule has 0 bridgehead atoms. The van der Waals surface area contributed by atoms with Crippen LogP contribution in [0.3, 0.4) is 0 Å². The van der Waals surface area contributed by atoms with Gasteiger partial charge in [-0.3, -0.25) is 4.90 Å². The molecule has 112 valence electrons. The summed E-state index contributed by atoms with van der Waals surface area (Å²) < 4.78 is 0. The minimum Gasteiger partial charge on any atom is -0.313 e. The van der Waals surface area contributed by atoms with Gasteiger partial charge in [0.15, 0.2) is 0 Å². The molecule has 0 spiro atoms. The van der Waals surface area contributed by atoms with Crippen molar-refractivity contribution in [2.75, 3.05) is 19.6 Å². The van der Waals surface area contributed by atoms with E-state index in [0.717, 1.165) is 18.0 Å². The lowest BCUT2D eigenvalue weighted by atomic mass is 9.95. The van der Waals surface area contributed by atoms with Crippen molar-refractivity contribution in [2.45, 2.75) is 83.7 Å². The lowest BCUT2D eigenvalue weighted by molar-refractivity contribution is 0.174. The second-order valence-electron chi connectivity index (χ2n) is 7.12. The highest BCUT2D eigenvalue weighted by atomic mass is 15.2. The molecule has 0 atom stereocenters. The van der Waals surface area contributed by atoms with Gasteiger partial charge in [-0.2, -0.15) is 0 Å². The zero-order valence-electron chi connectivity index (χ0n) is 13.2. The van der Waals surface area contributed by atoms with Gasteiger partial charge in [-0.05, 0) is 31.6 Å². The molecule has 2 heteroatoms. The third-order valence-electron chi connectivity index (χ3n) is 4.88.